The first-order valence-corrected chi connectivity index (χ1v) is 9.29. The Kier molecular flexibility index (Phi) is 10.8. The lowest BCUT2D eigenvalue weighted by Crippen LogP contribution is -2.20. The van der Waals surface area contributed by atoms with Gasteiger partial charge in [0.25, 0.3) is 0 Å². The van der Waals surface area contributed by atoms with Crippen LogP contribution in [0.5, 0.6) is 0 Å². The SMILES string of the molecule is C=CCC=CCC=CCCCCCCCC1=C(O)C(=O)C=C(OC)C1=O. The number of carbonyl (C=O) groups is 2. The van der Waals surface area contributed by atoms with Crippen LogP contribution in [0.1, 0.15) is 57.8 Å². The zero-order chi connectivity index (χ0) is 19.2. The van der Waals surface area contributed by atoms with Crippen molar-refractivity contribution in [2.75, 3.05) is 7.11 Å². The van der Waals surface area contributed by atoms with E-state index >= 15 is 0 Å². The van der Waals surface area contributed by atoms with Crippen LogP contribution in [0.15, 0.2) is 60.1 Å². The molecule has 0 amide bonds. The first kappa shape index (κ1) is 21.7. The third-order valence-electron chi connectivity index (χ3n) is 4.21. The second-order valence-electron chi connectivity index (χ2n) is 6.24. The van der Waals surface area contributed by atoms with Gasteiger partial charge < -0.3 is 9.84 Å². The predicted octanol–water partition coefficient (Wildman–Crippen LogP) is 5.29. The minimum absolute atomic E-state index is 0.00826. The zero-order valence-corrected chi connectivity index (χ0v) is 15.7. The number of aliphatic hydroxyl groups excluding tert-OH is 1. The number of Topliss-reactive ketones (excluding diaryl/α,β-unsaturated/α-hetero) is 1. The van der Waals surface area contributed by atoms with Gasteiger partial charge in [-0.3, -0.25) is 9.59 Å². The van der Waals surface area contributed by atoms with Gasteiger partial charge in [-0.25, -0.2) is 0 Å². The van der Waals surface area contributed by atoms with Crippen molar-refractivity contribution in [1.82, 2.24) is 0 Å². The van der Waals surface area contributed by atoms with E-state index in [0.29, 0.717) is 6.42 Å². The van der Waals surface area contributed by atoms with Crippen LogP contribution in [0.3, 0.4) is 0 Å². The first-order valence-electron chi connectivity index (χ1n) is 9.29. The van der Waals surface area contributed by atoms with Crippen LogP contribution < -0.4 is 0 Å². The summed E-state index contributed by atoms with van der Waals surface area (Å²) in [5.41, 5.74) is 0.182. The van der Waals surface area contributed by atoms with Crippen molar-refractivity contribution < 1.29 is 19.4 Å². The summed E-state index contributed by atoms with van der Waals surface area (Å²) in [5, 5.41) is 9.80. The molecule has 4 nitrogen and oxygen atoms in total. The number of ketones is 2. The van der Waals surface area contributed by atoms with Crippen LogP contribution in [-0.2, 0) is 14.3 Å². The molecule has 0 aliphatic heterocycles. The Hall–Kier alpha value is -2.36. The van der Waals surface area contributed by atoms with E-state index in [2.05, 4.69) is 30.9 Å². The van der Waals surface area contributed by atoms with E-state index in [-0.39, 0.29) is 17.1 Å². The average molecular weight is 358 g/mol. The first-order chi connectivity index (χ1) is 12.6. The monoisotopic (exact) mass is 358 g/mol. The molecule has 0 aromatic heterocycles. The Labute approximate surface area is 156 Å². The fourth-order valence-electron chi connectivity index (χ4n) is 2.72. The molecule has 1 N–H and O–H groups in total. The summed E-state index contributed by atoms with van der Waals surface area (Å²) in [6.45, 7) is 3.67. The summed E-state index contributed by atoms with van der Waals surface area (Å²) >= 11 is 0. The van der Waals surface area contributed by atoms with Crippen LogP contribution in [-0.4, -0.2) is 23.8 Å². The largest absolute Gasteiger partial charge is 0.504 e. The van der Waals surface area contributed by atoms with Crippen LogP contribution in [0.25, 0.3) is 0 Å². The third kappa shape index (κ3) is 7.68. The van der Waals surface area contributed by atoms with Crippen molar-refractivity contribution in [2.45, 2.75) is 57.8 Å². The highest BCUT2D eigenvalue weighted by molar-refractivity contribution is 6.20. The number of hydrogen-bond acceptors (Lipinski definition) is 4. The van der Waals surface area contributed by atoms with Crippen LogP contribution in [0.4, 0.5) is 0 Å². The molecule has 4 heteroatoms. The van der Waals surface area contributed by atoms with Gasteiger partial charge in [0.1, 0.15) is 0 Å². The van der Waals surface area contributed by atoms with E-state index < -0.39 is 11.5 Å². The van der Waals surface area contributed by atoms with Crippen molar-refractivity contribution >= 4 is 11.6 Å². The number of rotatable bonds is 13. The molecule has 0 unspecified atom stereocenters. The predicted molar refractivity (Wildman–Crippen MR) is 105 cm³/mol. The third-order valence-corrected chi connectivity index (χ3v) is 4.21. The lowest BCUT2D eigenvalue weighted by molar-refractivity contribution is -0.119. The van der Waals surface area contributed by atoms with E-state index in [1.54, 1.807) is 0 Å². The number of hydrogen-bond donors (Lipinski definition) is 1. The van der Waals surface area contributed by atoms with E-state index in [9.17, 15) is 14.7 Å². The van der Waals surface area contributed by atoms with Gasteiger partial charge in [0.05, 0.1) is 7.11 Å². The number of carbonyl (C=O) groups excluding carboxylic acids is 2. The number of allylic oxidation sites excluding steroid dienone is 7. The van der Waals surface area contributed by atoms with Crippen LogP contribution in [0, 0.1) is 0 Å². The molecule has 1 aliphatic carbocycles. The van der Waals surface area contributed by atoms with Crippen LogP contribution in [0.2, 0.25) is 0 Å². The van der Waals surface area contributed by atoms with Crippen LogP contribution >= 0.6 is 0 Å². The molecule has 26 heavy (non-hydrogen) atoms. The average Bonchev–Trinajstić information content (AvgIpc) is 2.64. The van der Waals surface area contributed by atoms with E-state index in [4.69, 9.17) is 4.74 Å². The fourth-order valence-corrected chi connectivity index (χ4v) is 2.72. The second-order valence-corrected chi connectivity index (χ2v) is 6.24. The number of aliphatic hydroxyl groups is 1. The molecular formula is C22H30O4. The smallest absolute Gasteiger partial charge is 0.227 e. The molecular weight excluding hydrogens is 328 g/mol. The second kappa shape index (κ2) is 12.9. The van der Waals surface area contributed by atoms with Crippen molar-refractivity contribution in [3.05, 3.63) is 60.1 Å². The normalized spacial score (nSPS) is 15.2. The highest BCUT2D eigenvalue weighted by Crippen LogP contribution is 2.23. The quantitative estimate of drug-likeness (QED) is 0.276. The maximum Gasteiger partial charge on any atom is 0.227 e. The zero-order valence-electron chi connectivity index (χ0n) is 15.7. The van der Waals surface area contributed by atoms with Gasteiger partial charge in [-0.2, -0.15) is 0 Å². The van der Waals surface area contributed by atoms with Crippen molar-refractivity contribution in [3.63, 3.8) is 0 Å². The highest BCUT2D eigenvalue weighted by atomic mass is 16.5. The summed E-state index contributed by atoms with van der Waals surface area (Å²) < 4.78 is 4.90. The van der Waals surface area contributed by atoms with Gasteiger partial charge in [0, 0.05) is 11.6 Å². The molecule has 142 valence electrons. The lowest BCUT2D eigenvalue weighted by atomic mass is 9.94. The van der Waals surface area contributed by atoms with E-state index in [1.807, 2.05) is 6.08 Å². The Balaban J connectivity index is 2.15. The van der Waals surface area contributed by atoms with E-state index in [1.165, 1.54) is 7.11 Å². The summed E-state index contributed by atoms with van der Waals surface area (Å²) in [4.78, 5) is 23.7. The van der Waals surface area contributed by atoms with E-state index in [0.717, 1.165) is 57.4 Å². The molecule has 1 rings (SSSR count). The summed E-state index contributed by atoms with van der Waals surface area (Å²) in [6, 6.07) is 0. The minimum Gasteiger partial charge on any atom is -0.504 e. The molecule has 0 aromatic rings. The molecule has 0 spiro atoms. The molecule has 0 aromatic carbocycles. The molecule has 0 saturated heterocycles. The molecule has 0 saturated carbocycles. The Bertz CT molecular complexity index is 606. The molecule has 1 aliphatic rings. The molecule has 0 radical (unpaired) electrons. The van der Waals surface area contributed by atoms with Gasteiger partial charge in [0.15, 0.2) is 11.5 Å². The summed E-state index contributed by atoms with van der Waals surface area (Å²) in [5.74, 6) is -1.35. The van der Waals surface area contributed by atoms with Gasteiger partial charge >= 0.3 is 0 Å². The summed E-state index contributed by atoms with van der Waals surface area (Å²) in [6.07, 6.45) is 20.1. The molecule has 0 heterocycles. The maximum absolute atomic E-state index is 12.1. The lowest BCUT2D eigenvalue weighted by Gasteiger charge is -2.14. The Morgan fingerprint density at radius 1 is 1.00 bits per heavy atom. The van der Waals surface area contributed by atoms with Gasteiger partial charge in [-0.1, -0.05) is 49.6 Å². The standard InChI is InChI=1S/C22H30O4/c1-3-4-5-6-7-8-9-10-11-12-13-14-15-16-18-21(24)19(23)17-20(26-2)22(18)25/h3,5-6,8-9,17,24H,1,4,7,10-16H2,2H3. The van der Waals surface area contributed by atoms with Crippen molar-refractivity contribution in [3.8, 4) is 0 Å². The number of methoxy groups -OCH3 is 1. The minimum atomic E-state index is -0.553. The highest BCUT2D eigenvalue weighted by Gasteiger charge is 2.28. The van der Waals surface area contributed by atoms with Gasteiger partial charge in [-0.15, -0.1) is 6.58 Å². The molecule has 0 atom stereocenters. The molecule has 0 fully saturated rings. The van der Waals surface area contributed by atoms with Gasteiger partial charge in [0.2, 0.25) is 11.6 Å². The molecule has 0 bridgehead atoms. The summed E-state index contributed by atoms with van der Waals surface area (Å²) in [7, 11) is 1.35. The number of ether oxygens (including phenoxy) is 1. The number of unbranched alkanes of at least 4 members (excludes halogenated alkanes) is 5. The Morgan fingerprint density at radius 2 is 1.65 bits per heavy atom. The topological polar surface area (TPSA) is 63.6 Å². The van der Waals surface area contributed by atoms with Crippen molar-refractivity contribution in [2.24, 2.45) is 0 Å². The fraction of sp³-hybridized carbons (Fsp3) is 0.455. The maximum atomic E-state index is 12.1. The Morgan fingerprint density at radius 3 is 2.38 bits per heavy atom. The van der Waals surface area contributed by atoms with Crippen molar-refractivity contribution in [1.29, 1.82) is 0 Å². The van der Waals surface area contributed by atoms with Gasteiger partial charge in [-0.05, 0) is 38.5 Å².